The molecule has 3 nitrogen and oxygen atoms in total. The first-order chi connectivity index (χ1) is 8.25. The van der Waals surface area contributed by atoms with Crippen LogP contribution in [0.2, 0.25) is 0 Å². The molecule has 94 valence electrons. The fraction of sp³-hybridized carbons (Fsp3) is 0.786. The van der Waals surface area contributed by atoms with Gasteiger partial charge in [-0.1, -0.05) is 0 Å². The summed E-state index contributed by atoms with van der Waals surface area (Å²) in [5.41, 5.74) is 2.79. The number of aromatic nitrogens is 2. The average molecular weight is 234 g/mol. The van der Waals surface area contributed by atoms with Crippen LogP contribution in [-0.2, 0) is 12.8 Å². The van der Waals surface area contributed by atoms with Gasteiger partial charge in [0.1, 0.15) is 5.82 Å². The summed E-state index contributed by atoms with van der Waals surface area (Å²) < 4.78 is 2.44. The third kappa shape index (κ3) is 2.01. The predicted octanol–water partition coefficient (Wildman–Crippen LogP) is 2.55. The SMILES string of the molecule is Cc1nc2c(n1C1CCCC(O)C1)CCCC2. The minimum absolute atomic E-state index is 0.102. The average Bonchev–Trinajstić information content (AvgIpc) is 2.64. The van der Waals surface area contributed by atoms with Crippen molar-refractivity contribution in [1.29, 1.82) is 0 Å². The van der Waals surface area contributed by atoms with E-state index in [1.165, 1.54) is 37.1 Å². The van der Waals surface area contributed by atoms with Crippen LogP contribution in [-0.4, -0.2) is 20.8 Å². The molecule has 3 heteroatoms. The molecular weight excluding hydrogens is 212 g/mol. The fourth-order valence-corrected chi connectivity index (χ4v) is 3.56. The van der Waals surface area contributed by atoms with Gasteiger partial charge in [-0.05, 0) is 58.3 Å². The van der Waals surface area contributed by atoms with Gasteiger partial charge in [0.05, 0.1) is 11.8 Å². The smallest absolute Gasteiger partial charge is 0.106 e. The van der Waals surface area contributed by atoms with Gasteiger partial charge in [-0.15, -0.1) is 0 Å². The Morgan fingerprint density at radius 3 is 2.82 bits per heavy atom. The second kappa shape index (κ2) is 4.45. The Kier molecular flexibility index (Phi) is 2.95. The third-order valence-electron chi connectivity index (χ3n) is 4.33. The van der Waals surface area contributed by atoms with Gasteiger partial charge in [0, 0.05) is 11.7 Å². The van der Waals surface area contributed by atoms with Gasteiger partial charge >= 0.3 is 0 Å². The normalized spacial score (nSPS) is 29.1. The highest BCUT2D eigenvalue weighted by molar-refractivity contribution is 5.21. The molecule has 0 radical (unpaired) electrons. The predicted molar refractivity (Wildman–Crippen MR) is 67.1 cm³/mol. The van der Waals surface area contributed by atoms with Gasteiger partial charge in [-0.25, -0.2) is 4.98 Å². The molecule has 1 aromatic heterocycles. The molecule has 0 aromatic carbocycles. The number of rotatable bonds is 1. The lowest BCUT2D eigenvalue weighted by atomic mass is 9.91. The van der Waals surface area contributed by atoms with Crippen molar-refractivity contribution in [2.24, 2.45) is 0 Å². The van der Waals surface area contributed by atoms with Gasteiger partial charge in [0.15, 0.2) is 0 Å². The molecule has 0 spiro atoms. The van der Waals surface area contributed by atoms with Crippen LogP contribution < -0.4 is 0 Å². The molecular formula is C14H22N2O. The molecule has 0 aliphatic heterocycles. The highest BCUT2D eigenvalue weighted by atomic mass is 16.3. The maximum Gasteiger partial charge on any atom is 0.106 e. The van der Waals surface area contributed by atoms with E-state index < -0.39 is 0 Å². The highest BCUT2D eigenvalue weighted by Crippen LogP contribution is 2.33. The standard InChI is InChI=1S/C14H22N2O/c1-10-15-13-7-2-3-8-14(13)16(10)11-5-4-6-12(17)9-11/h11-12,17H,2-9H2,1H3. The van der Waals surface area contributed by atoms with Crippen LogP contribution in [0.3, 0.4) is 0 Å². The van der Waals surface area contributed by atoms with Gasteiger partial charge in [0.25, 0.3) is 0 Å². The second-order valence-electron chi connectivity index (χ2n) is 5.60. The molecule has 0 amide bonds. The van der Waals surface area contributed by atoms with E-state index in [0.717, 1.165) is 31.5 Å². The van der Waals surface area contributed by atoms with E-state index in [4.69, 9.17) is 4.98 Å². The largest absolute Gasteiger partial charge is 0.393 e. The van der Waals surface area contributed by atoms with Crippen molar-refractivity contribution < 1.29 is 5.11 Å². The number of fused-ring (bicyclic) bond motifs is 1. The monoisotopic (exact) mass is 234 g/mol. The van der Waals surface area contributed by atoms with E-state index >= 15 is 0 Å². The number of nitrogens with zero attached hydrogens (tertiary/aromatic N) is 2. The molecule has 1 aromatic rings. The maximum absolute atomic E-state index is 9.84. The summed E-state index contributed by atoms with van der Waals surface area (Å²) >= 11 is 0. The summed E-state index contributed by atoms with van der Waals surface area (Å²) in [5, 5.41) is 9.84. The van der Waals surface area contributed by atoms with E-state index in [0.29, 0.717) is 6.04 Å². The lowest BCUT2D eigenvalue weighted by Gasteiger charge is -2.30. The lowest BCUT2D eigenvalue weighted by Crippen LogP contribution is -2.25. The molecule has 2 aliphatic rings. The minimum Gasteiger partial charge on any atom is -0.393 e. The van der Waals surface area contributed by atoms with Crippen LogP contribution in [0.15, 0.2) is 0 Å². The van der Waals surface area contributed by atoms with Gasteiger partial charge in [-0.2, -0.15) is 0 Å². The van der Waals surface area contributed by atoms with Gasteiger partial charge in [0.2, 0.25) is 0 Å². The summed E-state index contributed by atoms with van der Waals surface area (Å²) in [6.07, 6.45) is 9.08. The van der Waals surface area contributed by atoms with E-state index in [2.05, 4.69) is 11.5 Å². The second-order valence-corrected chi connectivity index (χ2v) is 5.60. The summed E-state index contributed by atoms with van der Waals surface area (Å²) in [6.45, 7) is 2.12. The molecule has 2 atom stereocenters. The minimum atomic E-state index is -0.102. The number of hydrogen-bond donors (Lipinski definition) is 1. The zero-order valence-corrected chi connectivity index (χ0v) is 10.7. The van der Waals surface area contributed by atoms with Crippen molar-refractivity contribution in [3.63, 3.8) is 0 Å². The quantitative estimate of drug-likeness (QED) is 0.811. The first kappa shape index (κ1) is 11.3. The van der Waals surface area contributed by atoms with Crippen LogP contribution in [0.25, 0.3) is 0 Å². The van der Waals surface area contributed by atoms with Crippen LogP contribution in [0.1, 0.15) is 61.8 Å². The Balaban J connectivity index is 1.93. The zero-order valence-electron chi connectivity index (χ0n) is 10.7. The molecule has 2 aliphatic carbocycles. The summed E-state index contributed by atoms with van der Waals surface area (Å²) in [6, 6.07) is 0.494. The maximum atomic E-state index is 9.84. The Hall–Kier alpha value is -0.830. The summed E-state index contributed by atoms with van der Waals surface area (Å²) in [4.78, 5) is 4.73. The molecule has 3 rings (SSSR count). The highest BCUT2D eigenvalue weighted by Gasteiger charge is 2.27. The van der Waals surface area contributed by atoms with Crippen LogP contribution >= 0.6 is 0 Å². The number of aliphatic hydroxyl groups is 1. The Bertz CT molecular complexity index is 411. The van der Waals surface area contributed by atoms with Crippen LogP contribution in [0.5, 0.6) is 0 Å². The Labute approximate surface area is 103 Å². The van der Waals surface area contributed by atoms with Crippen LogP contribution in [0.4, 0.5) is 0 Å². The van der Waals surface area contributed by atoms with E-state index in [9.17, 15) is 5.11 Å². The van der Waals surface area contributed by atoms with Crippen LogP contribution in [0, 0.1) is 6.92 Å². The summed E-state index contributed by atoms with van der Waals surface area (Å²) in [7, 11) is 0. The zero-order chi connectivity index (χ0) is 11.8. The number of aryl methyl sites for hydroxylation is 2. The van der Waals surface area contributed by atoms with Crippen molar-refractivity contribution in [2.45, 2.75) is 70.4 Å². The van der Waals surface area contributed by atoms with E-state index in [1.807, 2.05) is 0 Å². The van der Waals surface area contributed by atoms with Crippen molar-refractivity contribution in [1.82, 2.24) is 9.55 Å². The molecule has 1 heterocycles. The molecule has 0 saturated heterocycles. The molecule has 2 unspecified atom stereocenters. The molecule has 1 fully saturated rings. The molecule has 1 saturated carbocycles. The lowest BCUT2D eigenvalue weighted by molar-refractivity contribution is 0.102. The molecule has 0 bridgehead atoms. The fourth-order valence-electron chi connectivity index (χ4n) is 3.56. The summed E-state index contributed by atoms with van der Waals surface area (Å²) in [5.74, 6) is 1.16. The van der Waals surface area contributed by atoms with Crippen molar-refractivity contribution >= 4 is 0 Å². The molecule has 17 heavy (non-hydrogen) atoms. The van der Waals surface area contributed by atoms with Crippen molar-refractivity contribution in [2.75, 3.05) is 0 Å². The van der Waals surface area contributed by atoms with Crippen molar-refractivity contribution in [3.05, 3.63) is 17.2 Å². The molecule has 1 N–H and O–H groups in total. The van der Waals surface area contributed by atoms with Crippen molar-refractivity contribution in [3.8, 4) is 0 Å². The number of aliphatic hydroxyl groups excluding tert-OH is 1. The number of imidazole rings is 1. The Morgan fingerprint density at radius 1 is 1.18 bits per heavy atom. The van der Waals surface area contributed by atoms with Gasteiger partial charge < -0.3 is 9.67 Å². The van der Waals surface area contributed by atoms with E-state index in [-0.39, 0.29) is 6.10 Å². The van der Waals surface area contributed by atoms with E-state index in [1.54, 1.807) is 0 Å². The topological polar surface area (TPSA) is 38.0 Å². The third-order valence-corrected chi connectivity index (χ3v) is 4.33. The Morgan fingerprint density at radius 2 is 2.00 bits per heavy atom. The first-order valence-corrected chi connectivity index (χ1v) is 7.00. The first-order valence-electron chi connectivity index (χ1n) is 7.00. The number of hydrogen-bond acceptors (Lipinski definition) is 2. The van der Waals surface area contributed by atoms with Gasteiger partial charge in [-0.3, -0.25) is 0 Å².